The first-order chi connectivity index (χ1) is 25.8. The Morgan fingerprint density at radius 3 is 1.63 bits per heavy atom. The summed E-state index contributed by atoms with van der Waals surface area (Å²) in [5.74, 6) is 0.715. The molecular formula is C49H30N2S. The van der Waals surface area contributed by atoms with Gasteiger partial charge in [0.05, 0.1) is 16.8 Å². The topological polar surface area (TPSA) is 25.8 Å². The van der Waals surface area contributed by atoms with Crippen molar-refractivity contribution in [3.63, 3.8) is 0 Å². The zero-order valence-electron chi connectivity index (χ0n) is 28.1. The molecule has 52 heavy (non-hydrogen) atoms. The van der Waals surface area contributed by atoms with E-state index in [0.29, 0.717) is 5.82 Å². The lowest BCUT2D eigenvalue weighted by molar-refractivity contribution is 0.803. The average Bonchev–Trinajstić information content (AvgIpc) is 3.85. The van der Waals surface area contributed by atoms with Crippen LogP contribution >= 0.6 is 11.3 Å². The van der Waals surface area contributed by atoms with Crippen LogP contribution in [0, 0.1) is 0 Å². The van der Waals surface area contributed by atoms with Crippen LogP contribution in [0.3, 0.4) is 0 Å². The van der Waals surface area contributed by atoms with Crippen LogP contribution in [0.15, 0.2) is 182 Å². The van der Waals surface area contributed by atoms with Gasteiger partial charge in [0.25, 0.3) is 0 Å². The number of hydrogen-bond donors (Lipinski definition) is 0. The Morgan fingerprint density at radius 2 is 0.942 bits per heavy atom. The predicted octanol–water partition coefficient (Wildman–Crippen LogP) is 12.7. The fourth-order valence-corrected chi connectivity index (χ4v) is 10.00. The summed E-state index contributed by atoms with van der Waals surface area (Å²) < 4.78 is 1.34. The fourth-order valence-electron chi connectivity index (χ4n) is 8.70. The van der Waals surface area contributed by atoms with E-state index in [9.17, 15) is 0 Å². The summed E-state index contributed by atoms with van der Waals surface area (Å²) in [5.41, 5.74) is 16.4. The van der Waals surface area contributed by atoms with E-state index in [2.05, 4.69) is 170 Å². The number of thiophene rings is 1. The van der Waals surface area contributed by atoms with Crippen molar-refractivity contribution in [2.45, 2.75) is 5.41 Å². The van der Waals surface area contributed by atoms with Crippen LogP contribution in [0.2, 0.25) is 0 Å². The molecular weight excluding hydrogens is 649 g/mol. The van der Waals surface area contributed by atoms with E-state index in [-0.39, 0.29) is 0 Å². The quantitative estimate of drug-likeness (QED) is 0.185. The maximum Gasteiger partial charge on any atom is 0.160 e. The number of nitrogens with zero attached hydrogens (tertiary/aromatic N) is 2. The third kappa shape index (κ3) is 4.17. The second kappa shape index (κ2) is 11.3. The van der Waals surface area contributed by atoms with Crippen molar-refractivity contribution < 1.29 is 0 Å². The second-order valence-corrected chi connectivity index (χ2v) is 14.7. The van der Waals surface area contributed by atoms with Gasteiger partial charge in [-0.15, -0.1) is 11.3 Å². The second-order valence-electron chi connectivity index (χ2n) is 13.7. The molecule has 2 nitrogen and oxygen atoms in total. The lowest BCUT2D eigenvalue weighted by atomic mass is 9.70. The first-order valence-electron chi connectivity index (χ1n) is 17.7. The zero-order chi connectivity index (χ0) is 34.2. The summed E-state index contributed by atoms with van der Waals surface area (Å²) in [6.45, 7) is 0. The molecule has 0 radical (unpaired) electrons. The molecule has 0 saturated carbocycles. The Balaban J connectivity index is 1.11. The first-order valence-corrected chi connectivity index (χ1v) is 18.6. The van der Waals surface area contributed by atoms with E-state index < -0.39 is 5.41 Å². The van der Waals surface area contributed by atoms with Gasteiger partial charge in [-0.3, -0.25) is 0 Å². The highest BCUT2D eigenvalue weighted by Gasteiger charge is 2.53. The van der Waals surface area contributed by atoms with Gasteiger partial charge >= 0.3 is 0 Å². The molecule has 2 aliphatic carbocycles. The standard InChI is InChI=1S/C49H30N2S/c1-3-14-31(15-4-1)43-30-44(32-16-5-2-6-17-32)51-48(50-43)35-19-13-18-33(28-35)34-26-27-38-42(29-34)49(46-39-22-9-12-25-45(39)52-47(38)46)40-23-10-7-20-36(40)37-21-8-11-24-41(37)49/h1-30H. The molecule has 0 saturated heterocycles. The fraction of sp³-hybridized carbons (Fsp3) is 0.0204. The Hall–Kier alpha value is -6.42. The van der Waals surface area contributed by atoms with E-state index in [1.165, 1.54) is 59.5 Å². The molecule has 242 valence electrons. The molecule has 0 bridgehead atoms. The van der Waals surface area contributed by atoms with E-state index in [4.69, 9.17) is 9.97 Å². The summed E-state index contributed by atoms with van der Waals surface area (Å²) in [4.78, 5) is 11.7. The molecule has 2 aromatic heterocycles. The molecule has 1 spiro atoms. The van der Waals surface area contributed by atoms with Crippen molar-refractivity contribution >= 4 is 21.4 Å². The lowest BCUT2D eigenvalue weighted by Crippen LogP contribution is -2.25. The van der Waals surface area contributed by atoms with Crippen LogP contribution in [0.5, 0.6) is 0 Å². The molecule has 2 aliphatic rings. The Bertz CT molecular complexity index is 2750. The number of fused-ring (bicyclic) bond motifs is 12. The summed E-state index contributed by atoms with van der Waals surface area (Å²) >= 11 is 1.92. The number of rotatable bonds is 4. The van der Waals surface area contributed by atoms with E-state index in [0.717, 1.165) is 33.6 Å². The maximum atomic E-state index is 5.14. The van der Waals surface area contributed by atoms with Crippen molar-refractivity contribution in [2.24, 2.45) is 0 Å². The predicted molar refractivity (Wildman–Crippen MR) is 215 cm³/mol. The molecule has 2 heterocycles. The van der Waals surface area contributed by atoms with Gasteiger partial charge in [-0.1, -0.05) is 158 Å². The van der Waals surface area contributed by atoms with Crippen LogP contribution in [0.25, 0.3) is 76.7 Å². The van der Waals surface area contributed by atoms with Crippen LogP contribution in [0.4, 0.5) is 0 Å². The summed E-state index contributed by atoms with van der Waals surface area (Å²) in [7, 11) is 0. The molecule has 0 fully saturated rings. The molecule has 3 heteroatoms. The maximum absolute atomic E-state index is 5.14. The zero-order valence-corrected chi connectivity index (χ0v) is 28.9. The highest BCUT2D eigenvalue weighted by Crippen LogP contribution is 2.66. The number of aromatic nitrogens is 2. The van der Waals surface area contributed by atoms with E-state index in [1.807, 2.05) is 23.5 Å². The van der Waals surface area contributed by atoms with Crippen molar-refractivity contribution in [1.82, 2.24) is 9.97 Å². The molecule has 0 atom stereocenters. The smallest absolute Gasteiger partial charge is 0.160 e. The van der Waals surface area contributed by atoms with E-state index >= 15 is 0 Å². The first kappa shape index (κ1) is 29.3. The third-order valence-corrected chi connectivity index (χ3v) is 12.1. The highest BCUT2D eigenvalue weighted by molar-refractivity contribution is 7.22. The highest BCUT2D eigenvalue weighted by atomic mass is 32.1. The third-order valence-electron chi connectivity index (χ3n) is 10.9. The van der Waals surface area contributed by atoms with Crippen molar-refractivity contribution in [3.8, 4) is 66.6 Å². The normalized spacial score (nSPS) is 13.2. The number of hydrogen-bond acceptors (Lipinski definition) is 3. The summed E-state index contributed by atoms with van der Waals surface area (Å²) in [5, 5.41) is 1.35. The van der Waals surface area contributed by atoms with Gasteiger partial charge in [-0.2, -0.15) is 0 Å². The minimum absolute atomic E-state index is 0.400. The summed E-state index contributed by atoms with van der Waals surface area (Å²) in [6.07, 6.45) is 0. The van der Waals surface area contributed by atoms with Gasteiger partial charge in [0, 0.05) is 26.3 Å². The van der Waals surface area contributed by atoms with Crippen molar-refractivity contribution in [1.29, 1.82) is 0 Å². The van der Waals surface area contributed by atoms with Gasteiger partial charge in [0.1, 0.15) is 0 Å². The Labute approximate surface area is 306 Å². The van der Waals surface area contributed by atoms with Gasteiger partial charge in [0.15, 0.2) is 5.82 Å². The molecule has 9 aromatic rings. The van der Waals surface area contributed by atoms with Gasteiger partial charge < -0.3 is 0 Å². The Kier molecular flexibility index (Phi) is 6.37. The Morgan fingerprint density at radius 1 is 0.385 bits per heavy atom. The summed E-state index contributed by atoms with van der Waals surface area (Å²) in [6, 6.07) is 65.7. The molecule has 7 aromatic carbocycles. The van der Waals surface area contributed by atoms with Crippen LogP contribution < -0.4 is 0 Å². The molecule has 0 unspecified atom stereocenters. The van der Waals surface area contributed by atoms with Crippen LogP contribution in [0.1, 0.15) is 22.3 Å². The van der Waals surface area contributed by atoms with Crippen LogP contribution in [-0.2, 0) is 5.41 Å². The minimum atomic E-state index is -0.400. The van der Waals surface area contributed by atoms with E-state index in [1.54, 1.807) is 0 Å². The van der Waals surface area contributed by atoms with Gasteiger partial charge in [-0.25, -0.2) is 9.97 Å². The number of benzene rings is 7. The molecule has 11 rings (SSSR count). The molecule has 0 N–H and O–H groups in total. The van der Waals surface area contributed by atoms with Gasteiger partial charge in [-0.05, 0) is 79.7 Å². The van der Waals surface area contributed by atoms with Crippen LogP contribution in [-0.4, -0.2) is 9.97 Å². The average molecular weight is 679 g/mol. The lowest BCUT2D eigenvalue weighted by Gasteiger charge is -2.30. The molecule has 0 amide bonds. The monoisotopic (exact) mass is 678 g/mol. The molecule has 0 aliphatic heterocycles. The largest absolute Gasteiger partial charge is 0.228 e. The minimum Gasteiger partial charge on any atom is -0.228 e. The SMILES string of the molecule is c1ccc(-c2cc(-c3ccccc3)nc(-c3cccc(-c4ccc5c(c4)C4(c6ccccc6-c6ccccc64)c4c-5sc5ccccc45)c3)n2)cc1. The van der Waals surface area contributed by atoms with Crippen molar-refractivity contribution in [2.75, 3.05) is 0 Å². The van der Waals surface area contributed by atoms with Crippen molar-refractivity contribution in [3.05, 3.63) is 204 Å². The van der Waals surface area contributed by atoms with Gasteiger partial charge in [0.2, 0.25) is 0 Å².